The van der Waals surface area contributed by atoms with E-state index in [0.29, 0.717) is 40.6 Å². The molecule has 1 aromatic carbocycles. The smallest absolute Gasteiger partial charge is 0.321 e. The van der Waals surface area contributed by atoms with Crippen molar-refractivity contribution < 1.29 is 19.1 Å². The number of nitrogens with one attached hydrogen (secondary N) is 2. The van der Waals surface area contributed by atoms with Crippen molar-refractivity contribution >= 4 is 34.6 Å². The molecular weight excluding hydrogens is 456 g/mol. The normalized spacial score (nSPS) is 13.3. The van der Waals surface area contributed by atoms with Crippen LogP contribution in [-0.4, -0.2) is 48.0 Å². The van der Waals surface area contributed by atoms with E-state index < -0.39 is 11.9 Å². The van der Waals surface area contributed by atoms with Crippen molar-refractivity contribution in [2.75, 3.05) is 26.5 Å². The zero-order valence-electron chi connectivity index (χ0n) is 19.9. The molecule has 1 aliphatic rings. The van der Waals surface area contributed by atoms with E-state index in [9.17, 15) is 14.4 Å². The van der Waals surface area contributed by atoms with Crippen LogP contribution in [0, 0.1) is 0 Å². The maximum absolute atomic E-state index is 13.5. The van der Waals surface area contributed by atoms with E-state index in [4.69, 9.17) is 9.47 Å². The van der Waals surface area contributed by atoms with Gasteiger partial charge in [0.05, 0.1) is 30.9 Å². The Morgan fingerprint density at radius 1 is 1.18 bits per heavy atom. The van der Waals surface area contributed by atoms with Gasteiger partial charge < -0.3 is 14.8 Å². The number of benzene rings is 1. The highest BCUT2D eigenvalue weighted by molar-refractivity contribution is 7.99. The van der Waals surface area contributed by atoms with Gasteiger partial charge >= 0.3 is 6.03 Å². The Hall–Kier alpha value is -3.01. The van der Waals surface area contributed by atoms with E-state index in [2.05, 4.69) is 21.7 Å². The highest BCUT2D eigenvalue weighted by Crippen LogP contribution is 2.31. The molecule has 0 unspecified atom stereocenters. The third kappa shape index (κ3) is 6.53. The minimum atomic E-state index is -0.530. The van der Waals surface area contributed by atoms with Crippen molar-refractivity contribution in [3.8, 4) is 11.5 Å². The van der Waals surface area contributed by atoms with Crippen molar-refractivity contribution in [1.82, 2.24) is 20.2 Å². The topological polar surface area (TPSA) is 112 Å². The summed E-state index contributed by atoms with van der Waals surface area (Å²) in [4.78, 5) is 42.2. The SMILES string of the molecule is CCCNC(=O)NC(=O)CSc1nc2cc(OC)c(OC)cc2c(=O)n1CCC1=CCCCC1. The Kier molecular flexibility index (Phi) is 9.38. The first-order valence-electron chi connectivity index (χ1n) is 11.5. The van der Waals surface area contributed by atoms with Crippen molar-refractivity contribution in [3.05, 3.63) is 34.1 Å². The number of hydrogen-bond donors (Lipinski definition) is 2. The van der Waals surface area contributed by atoms with Gasteiger partial charge in [-0.2, -0.15) is 0 Å². The van der Waals surface area contributed by atoms with Crippen LogP contribution in [0.15, 0.2) is 33.7 Å². The van der Waals surface area contributed by atoms with Gasteiger partial charge in [0.1, 0.15) is 0 Å². The largest absolute Gasteiger partial charge is 0.493 e. The van der Waals surface area contributed by atoms with Crippen LogP contribution in [-0.2, 0) is 11.3 Å². The molecule has 0 saturated heterocycles. The fourth-order valence-electron chi connectivity index (χ4n) is 3.80. The van der Waals surface area contributed by atoms with Gasteiger partial charge in [0, 0.05) is 19.2 Å². The number of imide groups is 1. The minimum Gasteiger partial charge on any atom is -0.493 e. The third-order valence-electron chi connectivity index (χ3n) is 5.59. The number of methoxy groups -OCH3 is 2. The van der Waals surface area contributed by atoms with Gasteiger partial charge in [-0.05, 0) is 44.6 Å². The van der Waals surface area contributed by atoms with Gasteiger partial charge in [-0.15, -0.1) is 0 Å². The first kappa shape index (κ1) is 25.6. The summed E-state index contributed by atoms with van der Waals surface area (Å²) in [6.45, 7) is 2.87. The molecule has 3 amide bonds. The first-order valence-corrected chi connectivity index (χ1v) is 12.5. The fourth-order valence-corrected chi connectivity index (χ4v) is 4.62. The summed E-state index contributed by atoms with van der Waals surface area (Å²) in [5.74, 6) is 0.413. The predicted octanol–water partition coefficient (Wildman–Crippen LogP) is 3.63. The monoisotopic (exact) mass is 488 g/mol. The number of rotatable bonds is 10. The standard InChI is InChI=1S/C24H32N4O5S/c1-4-11-25-23(31)27-21(29)15-34-24-26-18-14-20(33-3)19(32-2)13-17(18)22(30)28(24)12-10-16-8-6-5-7-9-16/h8,13-14H,4-7,9-12,15H2,1-3H3,(H2,25,27,29,31). The summed E-state index contributed by atoms with van der Waals surface area (Å²) >= 11 is 1.13. The number of allylic oxidation sites excluding steroid dienone is 2. The molecule has 0 atom stereocenters. The molecule has 9 nitrogen and oxygen atoms in total. The number of ether oxygens (including phenoxy) is 2. The highest BCUT2D eigenvalue weighted by atomic mass is 32.2. The fraction of sp³-hybridized carbons (Fsp3) is 0.500. The molecule has 34 heavy (non-hydrogen) atoms. The molecule has 1 aromatic heterocycles. The average molecular weight is 489 g/mol. The van der Waals surface area contributed by atoms with Gasteiger partial charge in [-0.25, -0.2) is 9.78 Å². The second-order valence-electron chi connectivity index (χ2n) is 8.03. The van der Waals surface area contributed by atoms with Crippen molar-refractivity contribution in [2.24, 2.45) is 0 Å². The summed E-state index contributed by atoms with van der Waals surface area (Å²) < 4.78 is 12.3. The summed E-state index contributed by atoms with van der Waals surface area (Å²) in [6, 6.07) is 2.77. The molecule has 0 saturated carbocycles. The second kappa shape index (κ2) is 12.5. The molecular formula is C24H32N4O5S. The first-order chi connectivity index (χ1) is 16.5. The van der Waals surface area contributed by atoms with Crippen molar-refractivity contribution in [2.45, 2.75) is 57.1 Å². The highest BCUT2D eigenvalue weighted by Gasteiger charge is 2.18. The van der Waals surface area contributed by atoms with Crippen LogP contribution in [0.5, 0.6) is 11.5 Å². The summed E-state index contributed by atoms with van der Waals surface area (Å²) in [7, 11) is 3.04. The van der Waals surface area contributed by atoms with Crippen LogP contribution < -0.4 is 25.7 Å². The molecule has 3 rings (SSSR count). The molecule has 10 heteroatoms. The Balaban J connectivity index is 1.89. The summed E-state index contributed by atoms with van der Waals surface area (Å²) in [6.07, 6.45) is 8.25. The average Bonchev–Trinajstić information content (AvgIpc) is 2.85. The van der Waals surface area contributed by atoms with Crippen LogP contribution >= 0.6 is 11.8 Å². The number of amides is 3. The number of fused-ring (bicyclic) bond motifs is 1. The number of carbonyl (C=O) groups is 2. The van der Waals surface area contributed by atoms with Crippen LogP contribution in [0.3, 0.4) is 0 Å². The lowest BCUT2D eigenvalue weighted by atomic mass is 9.97. The van der Waals surface area contributed by atoms with Crippen molar-refractivity contribution in [3.63, 3.8) is 0 Å². The Bertz CT molecular complexity index is 1130. The van der Waals surface area contributed by atoms with Crippen LogP contribution in [0.25, 0.3) is 10.9 Å². The van der Waals surface area contributed by atoms with Gasteiger partial charge in [0.25, 0.3) is 5.56 Å². The quantitative estimate of drug-likeness (QED) is 0.298. The summed E-state index contributed by atoms with van der Waals surface area (Å²) in [5.41, 5.74) is 1.59. The number of carbonyl (C=O) groups excluding carboxylic acids is 2. The molecule has 0 spiro atoms. The van der Waals surface area contributed by atoms with E-state index in [1.807, 2.05) is 6.92 Å². The number of urea groups is 1. The van der Waals surface area contributed by atoms with E-state index in [0.717, 1.165) is 43.9 Å². The Morgan fingerprint density at radius 2 is 1.94 bits per heavy atom. The van der Waals surface area contributed by atoms with E-state index >= 15 is 0 Å². The minimum absolute atomic E-state index is 0.0481. The molecule has 0 radical (unpaired) electrons. The zero-order chi connectivity index (χ0) is 24.5. The molecule has 0 fully saturated rings. The predicted molar refractivity (Wildman–Crippen MR) is 133 cm³/mol. The molecule has 184 valence electrons. The lowest BCUT2D eigenvalue weighted by Gasteiger charge is -2.17. The Labute approximate surface area is 203 Å². The van der Waals surface area contributed by atoms with Crippen LogP contribution in [0.2, 0.25) is 0 Å². The second-order valence-corrected chi connectivity index (χ2v) is 8.97. The van der Waals surface area contributed by atoms with Gasteiger partial charge in [0.2, 0.25) is 5.91 Å². The van der Waals surface area contributed by atoms with Crippen LogP contribution in [0.1, 0.15) is 45.4 Å². The van der Waals surface area contributed by atoms with Gasteiger partial charge in [0.15, 0.2) is 16.7 Å². The zero-order valence-corrected chi connectivity index (χ0v) is 20.8. The summed E-state index contributed by atoms with van der Waals surface area (Å²) in [5, 5.41) is 5.75. The number of nitrogens with zero attached hydrogens (tertiary/aromatic N) is 2. The van der Waals surface area contributed by atoms with E-state index in [1.165, 1.54) is 26.2 Å². The maximum Gasteiger partial charge on any atom is 0.321 e. The van der Waals surface area contributed by atoms with Crippen LogP contribution in [0.4, 0.5) is 4.79 Å². The molecule has 1 heterocycles. The molecule has 0 bridgehead atoms. The third-order valence-corrected chi connectivity index (χ3v) is 6.56. The van der Waals surface area contributed by atoms with E-state index in [-0.39, 0.29) is 11.3 Å². The van der Waals surface area contributed by atoms with Gasteiger partial charge in [-0.3, -0.25) is 19.5 Å². The number of thioether (sulfide) groups is 1. The van der Waals surface area contributed by atoms with Crippen molar-refractivity contribution in [1.29, 1.82) is 0 Å². The van der Waals surface area contributed by atoms with Gasteiger partial charge in [-0.1, -0.05) is 30.3 Å². The number of hydrogen-bond acceptors (Lipinski definition) is 7. The molecule has 2 aromatic rings. The molecule has 1 aliphatic carbocycles. The molecule has 2 N–H and O–H groups in total. The lowest BCUT2D eigenvalue weighted by Crippen LogP contribution is -2.40. The Morgan fingerprint density at radius 3 is 2.62 bits per heavy atom. The number of aromatic nitrogens is 2. The van der Waals surface area contributed by atoms with E-state index in [1.54, 1.807) is 16.7 Å². The lowest BCUT2D eigenvalue weighted by molar-refractivity contribution is -0.117. The molecule has 0 aliphatic heterocycles. The maximum atomic E-state index is 13.5.